The molecule has 4 heteroatoms. The largest absolute Gasteiger partial charge is 0.389 e. The average molecular weight is 417 g/mol. The molecule has 0 spiro atoms. The van der Waals surface area contributed by atoms with Crippen LogP contribution in [0, 0.1) is 10.8 Å². The number of alkyl halides is 3. The van der Waals surface area contributed by atoms with Crippen LogP contribution in [0.1, 0.15) is 59.8 Å². The van der Waals surface area contributed by atoms with Gasteiger partial charge in [0.1, 0.15) is 0 Å². The van der Waals surface area contributed by atoms with Gasteiger partial charge in [-0.2, -0.15) is 0 Å². The summed E-state index contributed by atoms with van der Waals surface area (Å²) in [6.07, 6.45) is 4.61. The van der Waals surface area contributed by atoms with Gasteiger partial charge in [-0.1, -0.05) is 52.6 Å². The van der Waals surface area contributed by atoms with E-state index in [1.807, 2.05) is 0 Å². The number of halogens is 3. The lowest BCUT2D eigenvalue weighted by Crippen LogP contribution is -2.58. The highest BCUT2D eigenvalue weighted by molar-refractivity contribution is 9.09. The first kappa shape index (κ1) is 16.6. The number of hydrogen-bond acceptors (Lipinski definition) is 1. The van der Waals surface area contributed by atoms with Crippen LogP contribution in [0.5, 0.6) is 0 Å². The second-order valence-electron chi connectivity index (χ2n) is 7.54. The Morgan fingerprint density at radius 1 is 1.00 bits per heavy atom. The summed E-state index contributed by atoms with van der Waals surface area (Å²) in [6, 6.07) is 0. The molecule has 2 aliphatic carbocycles. The summed E-state index contributed by atoms with van der Waals surface area (Å²) in [4.78, 5) is 0.411. The first-order valence-corrected chi connectivity index (χ1v) is 9.37. The molecule has 0 radical (unpaired) electrons. The maximum atomic E-state index is 11.4. The molecule has 0 saturated heterocycles. The standard InChI is InChI=1S/C15H25Br2ClO/c1-12(2)10(16)5-6-14(12,4)15(19)8-7-13(3,18)11(17)9-15/h10-11,19H,5-9H2,1-4H3. The summed E-state index contributed by atoms with van der Waals surface area (Å²) in [5.41, 5.74) is -0.594. The zero-order valence-electron chi connectivity index (χ0n) is 12.3. The summed E-state index contributed by atoms with van der Waals surface area (Å²) in [5, 5.41) is 11.4. The Kier molecular flexibility index (Phi) is 4.24. The van der Waals surface area contributed by atoms with E-state index in [1.165, 1.54) is 0 Å². The zero-order valence-corrected chi connectivity index (χ0v) is 16.2. The summed E-state index contributed by atoms with van der Waals surface area (Å²) in [6.45, 7) is 8.91. The van der Waals surface area contributed by atoms with Crippen molar-refractivity contribution in [2.45, 2.75) is 79.9 Å². The topological polar surface area (TPSA) is 20.2 Å². The van der Waals surface area contributed by atoms with Crippen molar-refractivity contribution in [3.8, 4) is 0 Å². The van der Waals surface area contributed by atoms with Crippen LogP contribution in [0.2, 0.25) is 0 Å². The van der Waals surface area contributed by atoms with E-state index in [2.05, 4.69) is 59.6 Å². The van der Waals surface area contributed by atoms with Gasteiger partial charge < -0.3 is 5.11 Å². The van der Waals surface area contributed by atoms with Crippen LogP contribution in [-0.4, -0.2) is 25.2 Å². The van der Waals surface area contributed by atoms with E-state index < -0.39 is 5.60 Å². The van der Waals surface area contributed by atoms with Gasteiger partial charge in [-0.25, -0.2) is 0 Å². The van der Waals surface area contributed by atoms with Crippen LogP contribution in [0.3, 0.4) is 0 Å². The third-order valence-corrected chi connectivity index (χ3v) is 9.98. The van der Waals surface area contributed by atoms with Gasteiger partial charge in [-0.05, 0) is 44.4 Å². The predicted octanol–water partition coefficient (Wildman–Crippen LogP) is 5.25. The SMILES string of the molecule is CC1(Cl)CCC(O)(C2(C)CCC(Br)C2(C)C)CC1Br. The second kappa shape index (κ2) is 4.86. The molecule has 0 aromatic heterocycles. The lowest BCUT2D eigenvalue weighted by molar-refractivity contribution is -0.141. The first-order valence-electron chi connectivity index (χ1n) is 7.16. The Balaban J connectivity index is 2.31. The molecular formula is C15H25Br2ClO. The van der Waals surface area contributed by atoms with Crippen LogP contribution < -0.4 is 0 Å². The van der Waals surface area contributed by atoms with Crippen molar-refractivity contribution in [1.29, 1.82) is 0 Å². The van der Waals surface area contributed by atoms with E-state index in [-0.39, 0.29) is 20.5 Å². The molecule has 5 atom stereocenters. The van der Waals surface area contributed by atoms with E-state index in [1.54, 1.807) is 0 Å². The van der Waals surface area contributed by atoms with Crippen molar-refractivity contribution in [3.05, 3.63) is 0 Å². The Labute approximate surface area is 139 Å². The minimum absolute atomic E-state index is 0.0619. The highest BCUT2D eigenvalue weighted by Crippen LogP contribution is 2.64. The second-order valence-corrected chi connectivity index (χ2v) is 10.6. The van der Waals surface area contributed by atoms with E-state index in [0.717, 1.165) is 32.1 Å². The highest BCUT2D eigenvalue weighted by Gasteiger charge is 2.63. The van der Waals surface area contributed by atoms with Crippen molar-refractivity contribution in [2.24, 2.45) is 10.8 Å². The zero-order chi connectivity index (χ0) is 14.7. The van der Waals surface area contributed by atoms with E-state index in [0.29, 0.717) is 4.83 Å². The van der Waals surface area contributed by atoms with Crippen molar-refractivity contribution in [1.82, 2.24) is 0 Å². The molecule has 0 aromatic rings. The molecule has 0 heterocycles. The van der Waals surface area contributed by atoms with Crippen LogP contribution in [-0.2, 0) is 0 Å². The van der Waals surface area contributed by atoms with Gasteiger partial charge in [0.15, 0.2) is 0 Å². The maximum Gasteiger partial charge on any atom is 0.0718 e. The number of hydrogen-bond donors (Lipinski definition) is 1. The third kappa shape index (κ3) is 2.35. The summed E-state index contributed by atoms with van der Waals surface area (Å²) in [5.74, 6) is 0. The Hall–Kier alpha value is 1.21. The average Bonchev–Trinajstić information content (AvgIpc) is 2.50. The Morgan fingerprint density at radius 3 is 2.00 bits per heavy atom. The van der Waals surface area contributed by atoms with Crippen LogP contribution in [0.4, 0.5) is 0 Å². The lowest BCUT2D eigenvalue weighted by atomic mass is 9.55. The highest BCUT2D eigenvalue weighted by atomic mass is 79.9. The third-order valence-electron chi connectivity index (χ3n) is 6.33. The summed E-state index contributed by atoms with van der Waals surface area (Å²) >= 11 is 14.1. The molecule has 2 rings (SSSR count). The maximum absolute atomic E-state index is 11.4. The van der Waals surface area contributed by atoms with Gasteiger partial charge in [-0.3, -0.25) is 0 Å². The van der Waals surface area contributed by atoms with E-state index in [4.69, 9.17) is 11.6 Å². The number of aliphatic hydroxyl groups is 1. The van der Waals surface area contributed by atoms with Crippen molar-refractivity contribution >= 4 is 43.5 Å². The normalized spacial score (nSPS) is 54.3. The molecule has 1 N–H and O–H groups in total. The number of rotatable bonds is 1. The summed E-state index contributed by atoms with van der Waals surface area (Å²) in [7, 11) is 0. The molecule has 112 valence electrons. The molecule has 0 aromatic carbocycles. The van der Waals surface area contributed by atoms with Gasteiger partial charge >= 0.3 is 0 Å². The Morgan fingerprint density at radius 2 is 1.58 bits per heavy atom. The van der Waals surface area contributed by atoms with Gasteiger partial charge in [0.25, 0.3) is 0 Å². The van der Waals surface area contributed by atoms with Gasteiger partial charge in [0.05, 0.1) is 10.5 Å². The first-order chi connectivity index (χ1) is 8.46. The fraction of sp³-hybridized carbons (Fsp3) is 1.00. The van der Waals surface area contributed by atoms with Crippen molar-refractivity contribution < 1.29 is 5.11 Å². The molecule has 2 saturated carbocycles. The molecule has 5 unspecified atom stereocenters. The molecule has 0 amide bonds. The fourth-order valence-electron chi connectivity index (χ4n) is 4.00. The lowest BCUT2D eigenvalue weighted by Gasteiger charge is -2.56. The minimum Gasteiger partial charge on any atom is -0.389 e. The molecule has 2 fully saturated rings. The van der Waals surface area contributed by atoms with Gasteiger partial charge in [-0.15, -0.1) is 11.6 Å². The predicted molar refractivity (Wildman–Crippen MR) is 89.6 cm³/mol. The van der Waals surface area contributed by atoms with Gasteiger partial charge in [0.2, 0.25) is 0 Å². The van der Waals surface area contributed by atoms with Crippen molar-refractivity contribution in [2.75, 3.05) is 0 Å². The smallest absolute Gasteiger partial charge is 0.0718 e. The molecule has 1 nitrogen and oxygen atoms in total. The van der Waals surface area contributed by atoms with Crippen LogP contribution >= 0.6 is 43.5 Å². The molecule has 19 heavy (non-hydrogen) atoms. The molecular weight excluding hydrogens is 391 g/mol. The molecule has 0 aliphatic heterocycles. The monoisotopic (exact) mass is 414 g/mol. The van der Waals surface area contributed by atoms with E-state index >= 15 is 0 Å². The Bertz CT molecular complexity index is 371. The molecule has 0 bridgehead atoms. The van der Waals surface area contributed by atoms with E-state index in [9.17, 15) is 5.11 Å². The van der Waals surface area contributed by atoms with Crippen molar-refractivity contribution in [3.63, 3.8) is 0 Å². The van der Waals surface area contributed by atoms with Crippen LogP contribution in [0.15, 0.2) is 0 Å². The fourth-order valence-corrected chi connectivity index (χ4v) is 5.67. The quantitative estimate of drug-likeness (QED) is 0.579. The minimum atomic E-state index is -0.623. The van der Waals surface area contributed by atoms with Crippen LogP contribution in [0.25, 0.3) is 0 Å². The van der Waals surface area contributed by atoms with Gasteiger partial charge in [0, 0.05) is 15.1 Å². The summed E-state index contributed by atoms with van der Waals surface area (Å²) < 4.78 is 0. The molecule has 2 aliphatic rings.